The Kier molecular flexibility index (Phi) is 4.84. The van der Waals surface area contributed by atoms with Crippen molar-refractivity contribution in [3.8, 4) is 6.07 Å². The number of ketones is 2. The zero-order valence-corrected chi connectivity index (χ0v) is 13.2. The first-order chi connectivity index (χ1) is 10.3. The SMILES string of the molecule is CN(C(=O)c1c(Cl)cc(C#N)cc1Cl)C1CCC(=O)CC1=O. The Labute approximate surface area is 137 Å². The zero-order chi connectivity index (χ0) is 16.4. The van der Waals surface area contributed by atoms with Crippen molar-refractivity contribution in [1.82, 2.24) is 4.90 Å². The van der Waals surface area contributed by atoms with E-state index in [1.807, 2.05) is 6.07 Å². The van der Waals surface area contributed by atoms with Crippen LogP contribution >= 0.6 is 23.2 Å². The number of nitrogens with zero attached hydrogens (tertiary/aromatic N) is 2. The molecule has 1 fully saturated rings. The third kappa shape index (κ3) is 3.13. The normalized spacial score (nSPS) is 18.0. The van der Waals surface area contributed by atoms with Gasteiger partial charge in [0.05, 0.1) is 39.7 Å². The molecular formula is C15H12Cl2N2O3. The van der Waals surface area contributed by atoms with Crippen molar-refractivity contribution in [2.45, 2.75) is 25.3 Å². The summed E-state index contributed by atoms with van der Waals surface area (Å²) in [6.45, 7) is 0. The van der Waals surface area contributed by atoms with E-state index in [0.717, 1.165) is 0 Å². The summed E-state index contributed by atoms with van der Waals surface area (Å²) in [4.78, 5) is 37.0. The second-order valence-electron chi connectivity index (χ2n) is 5.08. The third-order valence-corrected chi connectivity index (χ3v) is 4.21. The molecule has 1 aromatic carbocycles. The van der Waals surface area contributed by atoms with Gasteiger partial charge in [0.15, 0.2) is 5.78 Å². The Bertz CT molecular complexity index is 686. The van der Waals surface area contributed by atoms with Crippen LogP contribution in [-0.4, -0.2) is 35.5 Å². The molecule has 1 aliphatic carbocycles. The summed E-state index contributed by atoms with van der Waals surface area (Å²) in [6.07, 6.45) is 0.408. The summed E-state index contributed by atoms with van der Waals surface area (Å²) in [6, 6.07) is 3.93. The number of carbonyl (C=O) groups is 3. The Morgan fingerprint density at radius 3 is 2.41 bits per heavy atom. The second-order valence-corrected chi connectivity index (χ2v) is 5.89. The van der Waals surface area contributed by atoms with E-state index in [1.54, 1.807) is 0 Å². The highest BCUT2D eigenvalue weighted by Gasteiger charge is 2.33. The molecule has 114 valence electrons. The maximum Gasteiger partial charge on any atom is 0.257 e. The number of Topliss-reactive ketones (excluding diaryl/α,β-unsaturated/α-hetero) is 2. The van der Waals surface area contributed by atoms with Crippen LogP contribution in [0, 0.1) is 11.3 Å². The fourth-order valence-corrected chi connectivity index (χ4v) is 3.08. The summed E-state index contributed by atoms with van der Waals surface area (Å²) >= 11 is 12.1. The van der Waals surface area contributed by atoms with Crippen LogP contribution in [0.1, 0.15) is 35.2 Å². The topological polar surface area (TPSA) is 78.2 Å². The Hall–Kier alpha value is -1.90. The minimum atomic E-state index is -0.659. The smallest absolute Gasteiger partial charge is 0.257 e. The molecule has 1 atom stereocenters. The average molecular weight is 339 g/mol. The predicted molar refractivity (Wildman–Crippen MR) is 80.9 cm³/mol. The number of carbonyl (C=O) groups excluding carboxylic acids is 3. The van der Waals surface area contributed by atoms with Gasteiger partial charge in [-0.1, -0.05) is 23.2 Å². The minimum absolute atomic E-state index is 0.0505. The monoisotopic (exact) mass is 338 g/mol. The Balaban J connectivity index is 2.30. The van der Waals surface area contributed by atoms with Crippen LogP contribution in [0.4, 0.5) is 0 Å². The van der Waals surface area contributed by atoms with Crippen LogP contribution in [0.25, 0.3) is 0 Å². The average Bonchev–Trinajstić information content (AvgIpc) is 2.45. The Morgan fingerprint density at radius 2 is 1.91 bits per heavy atom. The number of nitriles is 1. The van der Waals surface area contributed by atoms with Crippen molar-refractivity contribution in [2.24, 2.45) is 0 Å². The fraction of sp³-hybridized carbons (Fsp3) is 0.333. The van der Waals surface area contributed by atoms with Crippen molar-refractivity contribution in [1.29, 1.82) is 5.26 Å². The lowest BCUT2D eigenvalue weighted by molar-refractivity contribution is -0.132. The summed E-state index contributed by atoms with van der Waals surface area (Å²) in [7, 11) is 1.48. The van der Waals surface area contributed by atoms with Crippen LogP contribution in [0.5, 0.6) is 0 Å². The molecule has 5 nitrogen and oxygen atoms in total. The summed E-state index contributed by atoms with van der Waals surface area (Å²) in [5, 5.41) is 8.96. The first-order valence-corrected chi connectivity index (χ1v) is 7.31. The summed E-state index contributed by atoms with van der Waals surface area (Å²) in [5.74, 6) is -0.906. The highest BCUT2D eigenvalue weighted by molar-refractivity contribution is 6.39. The standard InChI is InChI=1S/C15H12Cl2N2O3/c1-19(12-3-2-9(20)6-13(12)21)15(22)14-10(16)4-8(7-18)5-11(14)17/h4-5,12H,2-3,6H2,1H3. The molecule has 0 saturated heterocycles. The van der Waals surface area contributed by atoms with Crippen molar-refractivity contribution < 1.29 is 14.4 Å². The van der Waals surface area contributed by atoms with Crippen LogP contribution in [0.15, 0.2) is 12.1 Å². The van der Waals surface area contributed by atoms with E-state index in [9.17, 15) is 14.4 Å². The number of hydrogen-bond acceptors (Lipinski definition) is 4. The maximum absolute atomic E-state index is 12.5. The highest BCUT2D eigenvalue weighted by Crippen LogP contribution is 2.29. The van der Waals surface area contributed by atoms with Crippen LogP contribution < -0.4 is 0 Å². The van der Waals surface area contributed by atoms with Gasteiger partial charge in [-0.3, -0.25) is 14.4 Å². The van der Waals surface area contributed by atoms with Gasteiger partial charge < -0.3 is 4.90 Å². The van der Waals surface area contributed by atoms with Gasteiger partial charge in [0.2, 0.25) is 0 Å². The number of benzene rings is 1. The highest BCUT2D eigenvalue weighted by atomic mass is 35.5. The quantitative estimate of drug-likeness (QED) is 0.776. The molecule has 0 bridgehead atoms. The van der Waals surface area contributed by atoms with E-state index in [0.29, 0.717) is 6.42 Å². The van der Waals surface area contributed by atoms with Crippen molar-refractivity contribution in [3.63, 3.8) is 0 Å². The van der Waals surface area contributed by atoms with Gasteiger partial charge in [-0.25, -0.2) is 0 Å². The second kappa shape index (κ2) is 6.47. The van der Waals surface area contributed by atoms with E-state index in [4.69, 9.17) is 28.5 Å². The lowest BCUT2D eigenvalue weighted by atomic mass is 9.91. The molecule has 7 heteroatoms. The van der Waals surface area contributed by atoms with Gasteiger partial charge in [0.1, 0.15) is 5.78 Å². The summed E-state index contributed by atoms with van der Waals surface area (Å²) < 4.78 is 0. The molecule has 1 saturated carbocycles. The molecule has 22 heavy (non-hydrogen) atoms. The number of amides is 1. The largest absolute Gasteiger partial charge is 0.332 e. The van der Waals surface area contributed by atoms with Crippen molar-refractivity contribution in [2.75, 3.05) is 7.05 Å². The molecule has 0 spiro atoms. The van der Waals surface area contributed by atoms with Crippen LogP contribution in [0.2, 0.25) is 10.0 Å². The number of likely N-dealkylation sites (N-methyl/N-ethyl adjacent to an activating group) is 1. The van der Waals surface area contributed by atoms with E-state index in [2.05, 4.69) is 0 Å². The van der Waals surface area contributed by atoms with Gasteiger partial charge in [0.25, 0.3) is 5.91 Å². The molecule has 1 aliphatic rings. The van der Waals surface area contributed by atoms with Crippen molar-refractivity contribution in [3.05, 3.63) is 33.3 Å². The van der Waals surface area contributed by atoms with Crippen LogP contribution in [-0.2, 0) is 9.59 Å². The number of halogens is 2. The summed E-state index contributed by atoms with van der Waals surface area (Å²) in [5.41, 5.74) is 0.295. The van der Waals surface area contributed by atoms with Gasteiger partial charge in [0, 0.05) is 13.5 Å². The molecule has 0 radical (unpaired) electrons. The molecule has 0 aliphatic heterocycles. The lowest BCUT2D eigenvalue weighted by Gasteiger charge is -2.30. The zero-order valence-electron chi connectivity index (χ0n) is 11.7. The molecule has 2 rings (SSSR count). The molecule has 1 unspecified atom stereocenters. The van der Waals surface area contributed by atoms with E-state index in [1.165, 1.54) is 24.1 Å². The van der Waals surface area contributed by atoms with Gasteiger partial charge in [-0.2, -0.15) is 5.26 Å². The first-order valence-electron chi connectivity index (χ1n) is 6.56. The number of rotatable bonds is 2. The molecule has 1 amide bonds. The van der Waals surface area contributed by atoms with Crippen LogP contribution in [0.3, 0.4) is 0 Å². The molecule has 0 heterocycles. The third-order valence-electron chi connectivity index (χ3n) is 3.61. The fourth-order valence-electron chi connectivity index (χ4n) is 2.43. The Morgan fingerprint density at radius 1 is 1.32 bits per heavy atom. The molecule has 1 aromatic rings. The molecule has 0 aromatic heterocycles. The van der Waals surface area contributed by atoms with E-state index < -0.39 is 11.9 Å². The molecular weight excluding hydrogens is 327 g/mol. The van der Waals surface area contributed by atoms with E-state index >= 15 is 0 Å². The first kappa shape index (κ1) is 16.5. The van der Waals surface area contributed by atoms with Gasteiger partial charge in [-0.15, -0.1) is 0 Å². The van der Waals surface area contributed by atoms with Gasteiger partial charge in [-0.05, 0) is 18.6 Å². The maximum atomic E-state index is 12.5. The minimum Gasteiger partial charge on any atom is -0.332 e. The van der Waals surface area contributed by atoms with Crippen molar-refractivity contribution >= 4 is 40.7 Å². The predicted octanol–water partition coefficient (Wildman–Crippen LogP) is 2.63. The van der Waals surface area contributed by atoms with Gasteiger partial charge >= 0.3 is 0 Å². The van der Waals surface area contributed by atoms with E-state index in [-0.39, 0.29) is 45.6 Å². The number of hydrogen-bond donors (Lipinski definition) is 0. The lowest BCUT2D eigenvalue weighted by Crippen LogP contribution is -2.45. The molecule has 0 N–H and O–H groups in total.